The normalized spacial score (nSPS) is 21.0. The molecule has 1 saturated carbocycles. The largest absolute Gasteiger partial charge is 0.496 e. The average molecular weight is 353 g/mol. The van der Waals surface area contributed by atoms with Crippen LogP contribution in [0.2, 0.25) is 0 Å². The van der Waals surface area contributed by atoms with E-state index in [1.807, 2.05) is 30.3 Å². The van der Waals surface area contributed by atoms with E-state index in [0.717, 1.165) is 37.9 Å². The lowest BCUT2D eigenvalue weighted by atomic mass is 9.77. The fraction of sp³-hybridized carbons (Fsp3) is 0.429. The topological polar surface area (TPSA) is 77.2 Å². The smallest absolute Gasteiger partial charge is 0.255 e. The Bertz CT molecular complexity index is 712. The molecule has 0 radical (unpaired) electrons. The number of aromatic nitrogens is 1. The van der Waals surface area contributed by atoms with Gasteiger partial charge in [0.2, 0.25) is 0 Å². The minimum atomic E-state index is -0.126. The van der Waals surface area contributed by atoms with Gasteiger partial charge in [-0.1, -0.05) is 18.2 Å². The molecule has 1 aromatic carbocycles. The molecule has 0 bridgehead atoms. The Labute approximate surface area is 155 Å². The van der Waals surface area contributed by atoms with E-state index in [4.69, 9.17) is 10.5 Å². The van der Waals surface area contributed by atoms with Gasteiger partial charge in [0, 0.05) is 6.20 Å². The number of nitrogens with one attached hydrogen (secondary N) is 1. The summed E-state index contributed by atoms with van der Waals surface area (Å²) in [6.45, 7) is 0.745. The summed E-state index contributed by atoms with van der Waals surface area (Å²) in [5.74, 6) is 1.42. The number of benzene rings is 1. The zero-order valence-electron chi connectivity index (χ0n) is 15.2. The number of carbonyl (C=O) groups is 1. The number of carbonyl (C=O) groups excluding carboxylic acids is 1. The van der Waals surface area contributed by atoms with Gasteiger partial charge in [0.1, 0.15) is 5.75 Å². The van der Waals surface area contributed by atoms with Crippen molar-refractivity contribution in [1.29, 1.82) is 0 Å². The average Bonchev–Trinajstić information content (AvgIpc) is 2.72. The van der Waals surface area contributed by atoms with Gasteiger partial charge in [-0.25, -0.2) is 0 Å². The summed E-state index contributed by atoms with van der Waals surface area (Å²) in [6, 6.07) is 13.0. The second-order valence-corrected chi connectivity index (χ2v) is 6.92. The molecule has 0 unspecified atom stereocenters. The van der Waals surface area contributed by atoms with Gasteiger partial charge < -0.3 is 15.8 Å². The lowest BCUT2D eigenvalue weighted by Crippen LogP contribution is -2.36. The van der Waals surface area contributed by atoms with Crippen LogP contribution in [0.25, 0.3) is 0 Å². The first-order valence-electron chi connectivity index (χ1n) is 9.27. The molecular formula is C21H27N3O2. The first-order valence-corrected chi connectivity index (χ1v) is 9.27. The highest BCUT2D eigenvalue weighted by atomic mass is 16.5. The number of methoxy groups -OCH3 is 1. The molecule has 1 aromatic heterocycles. The third kappa shape index (κ3) is 4.22. The number of ether oxygens (including phenoxy) is 1. The number of amides is 1. The van der Waals surface area contributed by atoms with Crippen LogP contribution in [0.15, 0.2) is 48.7 Å². The zero-order valence-corrected chi connectivity index (χ0v) is 15.2. The summed E-state index contributed by atoms with van der Waals surface area (Å²) in [7, 11) is 1.58. The molecular weight excluding hydrogens is 326 g/mol. The summed E-state index contributed by atoms with van der Waals surface area (Å²) in [4.78, 5) is 17.4. The minimum absolute atomic E-state index is 0.104. The SMILES string of the molecule is COc1ccccc1C(=O)N[C@@H](c1ccccn1)C1CCC(CN)CC1. The van der Waals surface area contributed by atoms with Crippen molar-refractivity contribution >= 4 is 5.91 Å². The van der Waals surface area contributed by atoms with Crippen LogP contribution in [-0.4, -0.2) is 24.5 Å². The van der Waals surface area contributed by atoms with Gasteiger partial charge in [0.25, 0.3) is 5.91 Å². The molecule has 3 rings (SSSR count). The Morgan fingerprint density at radius 2 is 1.92 bits per heavy atom. The van der Waals surface area contributed by atoms with E-state index in [-0.39, 0.29) is 11.9 Å². The van der Waals surface area contributed by atoms with E-state index in [0.29, 0.717) is 23.1 Å². The van der Waals surface area contributed by atoms with E-state index in [2.05, 4.69) is 10.3 Å². The van der Waals surface area contributed by atoms with Crippen molar-refractivity contribution in [3.63, 3.8) is 0 Å². The van der Waals surface area contributed by atoms with Crippen molar-refractivity contribution in [3.8, 4) is 5.75 Å². The number of rotatable bonds is 6. The molecule has 138 valence electrons. The highest BCUT2D eigenvalue weighted by molar-refractivity contribution is 5.97. The maximum absolute atomic E-state index is 12.9. The van der Waals surface area contributed by atoms with Gasteiger partial charge >= 0.3 is 0 Å². The number of para-hydroxylation sites is 1. The Balaban J connectivity index is 1.81. The van der Waals surface area contributed by atoms with E-state index in [1.54, 1.807) is 25.4 Å². The van der Waals surface area contributed by atoms with Crippen molar-refractivity contribution in [2.24, 2.45) is 17.6 Å². The third-order valence-corrected chi connectivity index (χ3v) is 5.34. The summed E-state index contributed by atoms with van der Waals surface area (Å²) in [6.07, 6.45) is 6.10. The molecule has 0 spiro atoms. The van der Waals surface area contributed by atoms with Crippen molar-refractivity contribution in [2.45, 2.75) is 31.7 Å². The molecule has 3 N–H and O–H groups in total. The quantitative estimate of drug-likeness (QED) is 0.835. The zero-order chi connectivity index (χ0) is 18.4. The highest BCUT2D eigenvalue weighted by Crippen LogP contribution is 2.36. The van der Waals surface area contributed by atoms with Crippen LogP contribution in [0.3, 0.4) is 0 Å². The van der Waals surface area contributed by atoms with Crippen LogP contribution >= 0.6 is 0 Å². The minimum Gasteiger partial charge on any atom is -0.496 e. The van der Waals surface area contributed by atoms with Gasteiger partial charge in [0.15, 0.2) is 0 Å². The Hall–Kier alpha value is -2.40. The Morgan fingerprint density at radius 3 is 2.58 bits per heavy atom. The third-order valence-electron chi connectivity index (χ3n) is 5.34. The molecule has 1 atom stereocenters. The summed E-state index contributed by atoms with van der Waals surface area (Å²) in [5, 5.41) is 3.21. The van der Waals surface area contributed by atoms with Crippen LogP contribution in [0, 0.1) is 11.8 Å². The number of hydrogen-bond acceptors (Lipinski definition) is 4. The lowest BCUT2D eigenvalue weighted by Gasteiger charge is -2.33. The molecule has 1 heterocycles. The number of nitrogens with two attached hydrogens (primary N) is 1. The molecule has 5 heteroatoms. The highest BCUT2D eigenvalue weighted by Gasteiger charge is 2.30. The van der Waals surface area contributed by atoms with E-state index >= 15 is 0 Å². The molecule has 1 aliphatic carbocycles. The standard InChI is InChI=1S/C21H27N3O2/c1-26-19-8-3-2-6-17(19)21(25)24-20(18-7-4-5-13-23-18)16-11-9-15(14-22)10-12-16/h2-8,13,15-16,20H,9-12,14,22H2,1H3,(H,24,25)/t15?,16?,20-/m1/s1. The van der Waals surface area contributed by atoms with Gasteiger partial charge in [-0.3, -0.25) is 9.78 Å². The van der Waals surface area contributed by atoms with Crippen LogP contribution in [0.5, 0.6) is 5.75 Å². The first-order chi connectivity index (χ1) is 12.7. The van der Waals surface area contributed by atoms with Gasteiger partial charge in [-0.2, -0.15) is 0 Å². The van der Waals surface area contributed by atoms with Crippen molar-refractivity contribution < 1.29 is 9.53 Å². The van der Waals surface area contributed by atoms with Crippen molar-refractivity contribution in [1.82, 2.24) is 10.3 Å². The number of nitrogens with zero attached hydrogens (tertiary/aromatic N) is 1. The fourth-order valence-electron chi connectivity index (χ4n) is 3.80. The Morgan fingerprint density at radius 1 is 1.19 bits per heavy atom. The van der Waals surface area contributed by atoms with Crippen LogP contribution < -0.4 is 15.8 Å². The van der Waals surface area contributed by atoms with E-state index in [9.17, 15) is 4.79 Å². The number of hydrogen-bond donors (Lipinski definition) is 2. The molecule has 26 heavy (non-hydrogen) atoms. The lowest BCUT2D eigenvalue weighted by molar-refractivity contribution is 0.0902. The summed E-state index contributed by atoms with van der Waals surface area (Å²) >= 11 is 0. The second-order valence-electron chi connectivity index (χ2n) is 6.92. The predicted molar refractivity (Wildman–Crippen MR) is 102 cm³/mol. The van der Waals surface area contributed by atoms with Crippen molar-refractivity contribution in [3.05, 3.63) is 59.9 Å². The van der Waals surface area contributed by atoms with E-state index < -0.39 is 0 Å². The molecule has 2 aromatic rings. The molecule has 0 aliphatic heterocycles. The second kappa shape index (κ2) is 8.81. The van der Waals surface area contributed by atoms with Crippen LogP contribution in [-0.2, 0) is 0 Å². The molecule has 0 saturated heterocycles. The summed E-state index contributed by atoms with van der Waals surface area (Å²) < 4.78 is 5.34. The first kappa shape index (κ1) is 18.4. The Kier molecular flexibility index (Phi) is 6.23. The van der Waals surface area contributed by atoms with Crippen LogP contribution in [0.1, 0.15) is 47.8 Å². The molecule has 5 nitrogen and oxygen atoms in total. The predicted octanol–water partition coefficient (Wildman–Crippen LogP) is 3.33. The van der Waals surface area contributed by atoms with Crippen molar-refractivity contribution in [2.75, 3.05) is 13.7 Å². The summed E-state index contributed by atoms with van der Waals surface area (Å²) in [5.41, 5.74) is 7.29. The molecule has 1 amide bonds. The van der Waals surface area contributed by atoms with Crippen LogP contribution in [0.4, 0.5) is 0 Å². The number of pyridine rings is 1. The van der Waals surface area contributed by atoms with Gasteiger partial charge in [-0.15, -0.1) is 0 Å². The maximum Gasteiger partial charge on any atom is 0.255 e. The monoisotopic (exact) mass is 353 g/mol. The van der Waals surface area contributed by atoms with E-state index in [1.165, 1.54) is 0 Å². The van der Waals surface area contributed by atoms with Gasteiger partial charge in [0.05, 0.1) is 24.4 Å². The van der Waals surface area contributed by atoms with Gasteiger partial charge in [-0.05, 0) is 68.3 Å². The maximum atomic E-state index is 12.9. The fourth-order valence-corrected chi connectivity index (χ4v) is 3.80. The molecule has 1 aliphatic rings. The molecule has 1 fully saturated rings.